The predicted octanol–water partition coefficient (Wildman–Crippen LogP) is 18.5. The largest absolute Gasteiger partial charge is 0.455 e. The Morgan fingerprint density at radius 1 is 0.391 bits per heavy atom. The molecule has 0 amide bonds. The molecule has 3 nitrogen and oxygen atoms in total. The Hall–Kier alpha value is -7.62. The number of hydrogen-bond acceptors (Lipinski definition) is 3. The third kappa shape index (κ3) is 5.18. The summed E-state index contributed by atoms with van der Waals surface area (Å²) in [5.41, 5.74) is 28.3. The van der Waals surface area contributed by atoms with Crippen molar-refractivity contribution in [1.82, 2.24) is 0 Å². The zero-order valence-corrected chi connectivity index (χ0v) is 40.8. The smallest absolute Gasteiger partial charge is 0.144 e. The molecule has 0 spiro atoms. The summed E-state index contributed by atoms with van der Waals surface area (Å²) in [5, 5.41) is 4.76. The highest BCUT2D eigenvalue weighted by molar-refractivity contribution is 6.21. The number of rotatable bonds is 4. The summed E-state index contributed by atoms with van der Waals surface area (Å²) in [6, 6.07) is 58.7. The second kappa shape index (κ2) is 13.5. The Kier molecular flexibility index (Phi) is 7.94. The van der Waals surface area contributed by atoms with Gasteiger partial charge in [0.25, 0.3) is 0 Å². The fraction of sp³-hybridized carbons (Fsp3) is 0.182. The fourth-order valence-corrected chi connectivity index (χ4v) is 13.4. The summed E-state index contributed by atoms with van der Waals surface area (Å²) in [5.74, 6) is 0. The lowest BCUT2D eigenvalue weighted by molar-refractivity contribution is 0.600. The minimum Gasteiger partial charge on any atom is -0.455 e. The van der Waals surface area contributed by atoms with Crippen LogP contribution in [-0.2, 0) is 16.2 Å². The van der Waals surface area contributed by atoms with Crippen molar-refractivity contribution < 1.29 is 8.83 Å². The van der Waals surface area contributed by atoms with E-state index in [0.717, 1.165) is 44.7 Å². The standard InChI is InChI=1S/C66H53NO2/c1-36-25-27-39(28-26-36)47-35-51-54(56-45-20-11-14-23-52(45)68-62(47)56)43-31-29-40(33-49(43)64(51,4)5)67(61-37(2)17-16-18-38(61)3)41-30-32-44-50(34-41)66(8,9)60-58(44)63-57(46-21-12-15-24-53(46)69-63)55-42-19-10-13-22-48(42)65(6,7)59(55)60/h10-35H,1-9H3. The van der Waals surface area contributed by atoms with Crippen molar-refractivity contribution in [2.75, 3.05) is 4.90 Å². The van der Waals surface area contributed by atoms with Gasteiger partial charge in [-0.05, 0) is 141 Å². The SMILES string of the molecule is Cc1ccc(-c2cc3c(c4c2oc2ccccc24)-c2ccc(N(c4ccc5c(c4)C(C)(C)c4c6c(c7c(oc8ccccc87)c4-5)-c4ccccc4C6(C)C)c4c(C)cccc4C)cc2C3(C)C)cc1. The number of nitrogens with zero attached hydrogens (tertiary/aromatic N) is 1. The number of hydrogen-bond donors (Lipinski definition) is 0. The predicted molar refractivity (Wildman–Crippen MR) is 288 cm³/mol. The van der Waals surface area contributed by atoms with Gasteiger partial charge in [0.15, 0.2) is 0 Å². The molecule has 0 radical (unpaired) electrons. The summed E-state index contributed by atoms with van der Waals surface area (Å²) < 4.78 is 13.9. The van der Waals surface area contributed by atoms with Gasteiger partial charge in [0, 0.05) is 60.3 Å². The van der Waals surface area contributed by atoms with Gasteiger partial charge in [0.05, 0.1) is 5.69 Å². The first-order valence-corrected chi connectivity index (χ1v) is 24.6. The second-order valence-electron chi connectivity index (χ2n) is 21.8. The molecule has 0 atom stereocenters. The molecule has 3 heteroatoms. The minimum absolute atomic E-state index is 0.209. The number of furan rings is 2. The molecule has 0 unspecified atom stereocenters. The first-order valence-electron chi connectivity index (χ1n) is 24.6. The zero-order chi connectivity index (χ0) is 47.0. The van der Waals surface area contributed by atoms with Gasteiger partial charge in [-0.2, -0.15) is 0 Å². The molecule has 0 saturated heterocycles. The first kappa shape index (κ1) is 40.4. The summed E-state index contributed by atoms with van der Waals surface area (Å²) >= 11 is 0. The summed E-state index contributed by atoms with van der Waals surface area (Å²) in [4.78, 5) is 2.53. The highest BCUT2D eigenvalue weighted by atomic mass is 16.3. The number of anilines is 3. The maximum atomic E-state index is 7.06. The first-order chi connectivity index (χ1) is 33.2. The van der Waals surface area contributed by atoms with Crippen LogP contribution in [0.2, 0.25) is 0 Å². The molecule has 2 aromatic heterocycles. The molecule has 0 bridgehead atoms. The molecule has 0 saturated carbocycles. The maximum absolute atomic E-state index is 7.06. The van der Waals surface area contributed by atoms with Gasteiger partial charge in [-0.25, -0.2) is 0 Å². The quantitative estimate of drug-likeness (QED) is 0.176. The Morgan fingerprint density at radius 3 is 1.58 bits per heavy atom. The molecule has 11 aromatic rings. The van der Waals surface area contributed by atoms with Gasteiger partial charge in [-0.3, -0.25) is 0 Å². The van der Waals surface area contributed by atoms with E-state index in [1.54, 1.807) is 0 Å². The number of fused-ring (bicyclic) bond motifs is 19. The molecule has 14 rings (SSSR count). The normalized spacial score (nSPS) is 15.4. The van der Waals surface area contributed by atoms with E-state index in [2.05, 4.69) is 225 Å². The van der Waals surface area contributed by atoms with Crippen molar-refractivity contribution >= 4 is 60.9 Å². The van der Waals surface area contributed by atoms with Gasteiger partial charge in [0.1, 0.15) is 22.3 Å². The van der Waals surface area contributed by atoms with E-state index in [1.165, 1.54) is 111 Å². The van der Waals surface area contributed by atoms with Gasteiger partial charge < -0.3 is 13.7 Å². The van der Waals surface area contributed by atoms with Crippen LogP contribution in [0.4, 0.5) is 17.1 Å². The zero-order valence-electron chi connectivity index (χ0n) is 40.8. The van der Waals surface area contributed by atoms with Crippen molar-refractivity contribution in [1.29, 1.82) is 0 Å². The van der Waals surface area contributed by atoms with Crippen LogP contribution in [0.25, 0.3) is 88.4 Å². The van der Waals surface area contributed by atoms with Crippen molar-refractivity contribution in [3.8, 4) is 44.5 Å². The molecular formula is C66H53NO2. The topological polar surface area (TPSA) is 29.5 Å². The van der Waals surface area contributed by atoms with Crippen molar-refractivity contribution in [2.45, 2.75) is 78.6 Å². The average molecular weight is 892 g/mol. The Labute approximate surface area is 403 Å². The van der Waals surface area contributed by atoms with Crippen LogP contribution in [0.15, 0.2) is 167 Å². The van der Waals surface area contributed by atoms with Crippen molar-refractivity contribution in [3.05, 3.63) is 208 Å². The highest BCUT2D eigenvalue weighted by Crippen LogP contribution is 2.64. The Balaban J connectivity index is 0.994. The maximum Gasteiger partial charge on any atom is 0.144 e. The molecule has 3 aliphatic carbocycles. The molecule has 334 valence electrons. The summed E-state index contributed by atoms with van der Waals surface area (Å²) in [6.45, 7) is 21.2. The molecule has 0 N–H and O–H groups in total. The van der Waals surface area contributed by atoms with E-state index in [1.807, 2.05) is 0 Å². The van der Waals surface area contributed by atoms with Crippen molar-refractivity contribution in [2.24, 2.45) is 0 Å². The van der Waals surface area contributed by atoms with Gasteiger partial charge >= 0.3 is 0 Å². The number of aryl methyl sites for hydroxylation is 3. The van der Waals surface area contributed by atoms with Crippen LogP contribution in [0, 0.1) is 20.8 Å². The Bertz CT molecular complexity index is 4050. The molecular weight excluding hydrogens is 839 g/mol. The summed E-state index contributed by atoms with van der Waals surface area (Å²) in [6.07, 6.45) is 0. The monoisotopic (exact) mass is 891 g/mol. The molecule has 0 fully saturated rings. The number of para-hydroxylation sites is 3. The van der Waals surface area contributed by atoms with Gasteiger partial charge in [-0.1, -0.05) is 162 Å². The average Bonchev–Trinajstić information content (AvgIpc) is 4.09. The van der Waals surface area contributed by atoms with Crippen molar-refractivity contribution in [3.63, 3.8) is 0 Å². The number of benzene rings is 9. The van der Waals surface area contributed by atoms with Crippen LogP contribution in [0.1, 0.15) is 91.6 Å². The molecule has 3 aliphatic rings. The molecule has 0 aliphatic heterocycles. The van der Waals surface area contributed by atoms with Crippen LogP contribution < -0.4 is 4.90 Å². The molecule has 2 heterocycles. The van der Waals surface area contributed by atoms with Crippen LogP contribution in [0.3, 0.4) is 0 Å². The lowest BCUT2D eigenvalue weighted by Crippen LogP contribution is -2.24. The lowest BCUT2D eigenvalue weighted by atomic mass is 9.72. The molecule has 9 aromatic carbocycles. The minimum atomic E-state index is -0.334. The van der Waals surface area contributed by atoms with Crippen LogP contribution >= 0.6 is 0 Å². The molecule has 69 heavy (non-hydrogen) atoms. The van der Waals surface area contributed by atoms with Gasteiger partial charge in [-0.15, -0.1) is 0 Å². The fourth-order valence-electron chi connectivity index (χ4n) is 13.4. The van der Waals surface area contributed by atoms with E-state index in [4.69, 9.17) is 8.83 Å². The van der Waals surface area contributed by atoms with Gasteiger partial charge in [0.2, 0.25) is 0 Å². The third-order valence-corrected chi connectivity index (χ3v) is 16.7. The Morgan fingerprint density at radius 2 is 0.913 bits per heavy atom. The third-order valence-electron chi connectivity index (χ3n) is 16.7. The van der Waals surface area contributed by atoms with Crippen LogP contribution in [-0.4, -0.2) is 0 Å². The summed E-state index contributed by atoms with van der Waals surface area (Å²) in [7, 11) is 0. The lowest BCUT2D eigenvalue weighted by Gasteiger charge is -2.32. The van der Waals surface area contributed by atoms with E-state index in [9.17, 15) is 0 Å². The van der Waals surface area contributed by atoms with E-state index in [0.29, 0.717) is 0 Å². The second-order valence-corrected chi connectivity index (χ2v) is 21.8. The van der Waals surface area contributed by atoms with E-state index >= 15 is 0 Å². The van der Waals surface area contributed by atoms with E-state index in [-0.39, 0.29) is 16.2 Å². The van der Waals surface area contributed by atoms with E-state index < -0.39 is 0 Å². The highest BCUT2D eigenvalue weighted by Gasteiger charge is 2.49. The van der Waals surface area contributed by atoms with Crippen LogP contribution in [0.5, 0.6) is 0 Å².